The molecule has 0 aromatic heterocycles. The van der Waals surface area contributed by atoms with Gasteiger partial charge in [0.2, 0.25) is 0 Å². The molecule has 2 unspecified atom stereocenters. The maximum atomic E-state index is 12.9. The van der Waals surface area contributed by atoms with Crippen LogP contribution >= 0.6 is 0 Å². The number of hydrogen-bond donors (Lipinski definition) is 1. The van der Waals surface area contributed by atoms with Gasteiger partial charge in [-0.15, -0.1) is 0 Å². The van der Waals surface area contributed by atoms with Crippen LogP contribution in [0.4, 0.5) is 5.69 Å². The standard InChI is InChI=1S/C25H23N3O4/c29-25(20-11-13-22(14-12-20)28(30)31)26-23(16-19-9-5-2-6-10-19)24-17-21(27-32-24)15-18-7-3-1-4-8-18/h1-14,23-24H,15-17H2,(H,26,29). The van der Waals surface area contributed by atoms with Gasteiger partial charge in [-0.1, -0.05) is 65.8 Å². The molecule has 1 amide bonds. The molecule has 0 saturated heterocycles. The topological polar surface area (TPSA) is 93.8 Å². The Balaban J connectivity index is 1.46. The summed E-state index contributed by atoms with van der Waals surface area (Å²) in [7, 11) is 0. The summed E-state index contributed by atoms with van der Waals surface area (Å²) in [6.07, 6.45) is 1.60. The molecule has 0 saturated carbocycles. The van der Waals surface area contributed by atoms with Gasteiger partial charge in [0.25, 0.3) is 11.6 Å². The number of nitro benzene ring substituents is 1. The lowest BCUT2D eigenvalue weighted by Crippen LogP contribution is -2.45. The Kier molecular flexibility index (Phi) is 6.55. The average Bonchev–Trinajstić information content (AvgIpc) is 3.28. The largest absolute Gasteiger partial charge is 0.390 e. The molecule has 0 aliphatic carbocycles. The van der Waals surface area contributed by atoms with Crippen molar-refractivity contribution in [3.8, 4) is 0 Å². The summed E-state index contributed by atoms with van der Waals surface area (Å²) < 4.78 is 0. The number of nitrogens with one attached hydrogen (secondary N) is 1. The molecule has 1 heterocycles. The smallest absolute Gasteiger partial charge is 0.269 e. The molecule has 3 aromatic carbocycles. The summed E-state index contributed by atoms with van der Waals surface area (Å²) in [5.74, 6) is -0.305. The van der Waals surface area contributed by atoms with E-state index in [-0.39, 0.29) is 23.7 Å². The van der Waals surface area contributed by atoms with Crippen molar-refractivity contribution in [1.82, 2.24) is 5.32 Å². The van der Waals surface area contributed by atoms with E-state index < -0.39 is 4.92 Å². The number of nitro groups is 1. The number of rotatable bonds is 8. The van der Waals surface area contributed by atoms with Crippen molar-refractivity contribution < 1.29 is 14.6 Å². The maximum Gasteiger partial charge on any atom is 0.269 e. The van der Waals surface area contributed by atoms with E-state index in [1.165, 1.54) is 24.3 Å². The highest BCUT2D eigenvalue weighted by Gasteiger charge is 2.31. The van der Waals surface area contributed by atoms with Gasteiger partial charge in [-0.3, -0.25) is 14.9 Å². The quantitative estimate of drug-likeness (QED) is 0.426. The Hall–Kier alpha value is -4.00. The fourth-order valence-corrected chi connectivity index (χ4v) is 3.73. The van der Waals surface area contributed by atoms with E-state index in [0.29, 0.717) is 24.8 Å². The van der Waals surface area contributed by atoms with Gasteiger partial charge in [0.05, 0.1) is 16.7 Å². The number of carbonyl (C=O) groups is 1. The first-order valence-corrected chi connectivity index (χ1v) is 10.4. The zero-order valence-electron chi connectivity index (χ0n) is 17.4. The van der Waals surface area contributed by atoms with Gasteiger partial charge in [0.1, 0.15) is 0 Å². The molecule has 3 aromatic rings. The van der Waals surface area contributed by atoms with Crippen LogP contribution in [0.3, 0.4) is 0 Å². The van der Waals surface area contributed by atoms with Crippen LogP contribution in [-0.4, -0.2) is 28.7 Å². The molecule has 0 spiro atoms. The minimum Gasteiger partial charge on any atom is -0.390 e. The number of benzene rings is 3. The molecule has 4 rings (SSSR count). The first kappa shape index (κ1) is 21.2. The highest BCUT2D eigenvalue weighted by molar-refractivity contribution is 5.95. The molecular weight excluding hydrogens is 406 g/mol. The third-order valence-electron chi connectivity index (χ3n) is 5.41. The first-order valence-electron chi connectivity index (χ1n) is 10.4. The van der Waals surface area contributed by atoms with E-state index in [1.54, 1.807) is 0 Å². The molecule has 0 bridgehead atoms. The molecule has 1 N–H and O–H groups in total. The lowest BCUT2D eigenvalue weighted by Gasteiger charge is -2.23. The van der Waals surface area contributed by atoms with E-state index in [1.807, 2.05) is 60.7 Å². The van der Waals surface area contributed by atoms with Gasteiger partial charge in [-0.05, 0) is 29.7 Å². The number of amides is 1. The first-order chi connectivity index (χ1) is 15.6. The summed E-state index contributed by atoms with van der Waals surface area (Å²) in [5.41, 5.74) is 3.47. The maximum absolute atomic E-state index is 12.9. The molecule has 0 radical (unpaired) electrons. The second kappa shape index (κ2) is 9.87. The van der Waals surface area contributed by atoms with Crippen LogP contribution in [0.2, 0.25) is 0 Å². The average molecular weight is 429 g/mol. The van der Waals surface area contributed by atoms with Gasteiger partial charge in [0, 0.05) is 30.5 Å². The molecule has 7 nitrogen and oxygen atoms in total. The second-order valence-electron chi connectivity index (χ2n) is 7.74. The van der Waals surface area contributed by atoms with E-state index in [2.05, 4.69) is 10.5 Å². The van der Waals surface area contributed by atoms with E-state index in [4.69, 9.17) is 4.84 Å². The van der Waals surface area contributed by atoms with E-state index in [0.717, 1.165) is 16.8 Å². The number of oxime groups is 1. The second-order valence-corrected chi connectivity index (χ2v) is 7.74. The highest BCUT2D eigenvalue weighted by Crippen LogP contribution is 2.21. The molecule has 32 heavy (non-hydrogen) atoms. The van der Waals surface area contributed by atoms with Crippen molar-refractivity contribution in [1.29, 1.82) is 0 Å². The van der Waals surface area contributed by atoms with Gasteiger partial charge < -0.3 is 10.2 Å². The van der Waals surface area contributed by atoms with Crippen molar-refractivity contribution in [2.24, 2.45) is 5.16 Å². The van der Waals surface area contributed by atoms with Crippen molar-refractivity contribution >= 4 is 17.3 Å². The lowest BCUT2D eigenvalue weighted by molar-refractivity contribution is -0.384. The normalized spacial score (nSPS) is 16.0. The molecule has 1 aliphatic rings. The zero-order chi connectivity index (χ0) is 22.3. The Labute approximate surface area is 185 Å². The highest BCUT2D eigenvalue weighted by atomic mass is 16.6. The van der Waals surface area contributed by atoms with Gasteiger partial charge in [-0.25, -0.2) is 0 Å². The van der Waals surface area contributed by atoms with Crippen LogP contribution in [0.1, 0.15) is 27.9 Å². The number of carbonyl (C=O) groups excluding carboxylic acids is 1. The Morgan fingerprint density at radius 2 is 1.62 bits per heavy atom. The fraction of sp³-hybridized carbons (Fsp3) is 0.200. The lowest BCUT2D eigenvalue weighted by atomic mass is 9.95. The molecule has 0 fully saturated rings. The summed E-state index contributed by atoms with van der Waals surface area (Å²) >= 11 is 0. The van der Waals surface area contributed by atoms with E-state index >= 15 is 0 Å². The van der Waals surface area contributed by atoms with Crippen LogP contribution in [0, 0.1) is 10.1 Å². The number of non-ortho nitro benzene ring substituents is 1. The van der Waals surface area contributed by atoms with Gasteiger partial charge >= 0.3 is 0 Å². The molecule has 7 heteroatoms. The van der Waals surface area contributed by atoms with Crippen LogP contribution in [0.5, 0.6) is 0 Å². The fourth-order valence-electron chi connectivity index (χ4n) is 3.73. The molecule has 162 valence electrons. The minimum absolute atomic E-state index is 0.0551. The predicted molar refractivity (Wildman–Crippen MR) is 122 cm³/mol. The van der Waals surface area contributed by atoms with E-state index in [9.17, 15) is 14.9 Å². The third kappa shape index (κ3) is 5.37. The predicted octanol–water partition coefficient (Wildman–Crippen LogP) is 4.32. The van der Waals surface area contributed by atoms with Crippen molar-refractivity contribution in [2.45, 2.75) is 31.4 Å². The van der Waals surface area contributed by atoms with Gasteiger partial charge in [0.15, 0.2) is 6.10 Å². The summed E-state index contributed by atoms with van der Waals surface area (Å²) in [6.45, 7) is 0. The van der Waals surface area contributed by atoms with Crippen LogP contribution in [-0.2, 0) is 17.7 Å². The van der Waals surface area contributed by atoms with Crippen LogP contribution in [0.25, 0.3) is 0 Å². The SMILES string of the molecule is O=C(NC(Cc1ccccc1)C1CC(Cc2ccccc2)=NO1)c1ccc([N+](=O)[O-])cc1. The van der Waals surface area contributed by atoms with Crippen LogP contribution < -0.4 is 5.32 Å². The third-order valence-corrected chi connectivity index (χ3v) is 5.41. The molecule has 1 aliphatic heterocycles. The van der Waals surface area contributed by atoms with Gasteiger partial charge in [-0.2, -0.15) is 0 Å². The number of nitrogens with zero attached hydrogens (tertiary/aromatic N) is 2. The Morgan fingerprint density at radius 3 is 2.25 bits per heavy atom. The Bertz CT molecular complexity index is 1100. The minimum atomic E-state index is -0.488. The zero-order valence-corrected chi connectivity index (χ0v) is 17.4. The van der Waals surface area contributed by atoms with Crippen LogP contribution in [0.15, 0.2) is 90.1 Å². The molecular formula is C25H23N3O4. The summed E-state index contributed by atoms with van der Waals surface area (Å²) in [4.78, 5) is 29.0. The number of hydrogen-bond acceptors (Lipinski definition) is 5. The van der Waals surface area contributed by atoms with Crippen molar-refractivity contribution in [2.75, 3.05) is 0 Å². The molecule has 2 atom stereocenters. The summed E-state index contributed by atoms with van der Waals surface area (Å²) in [6, 6.07) is 25.2. The summed E-state index contributed by atoms with van der Waals surface area (Å²) in [5, 5.41) is 18.2. The Morgan fingerprint density at radius 1 is 1.00 bits per heavy atom. The monoisotopic (exact) mass is 429 g/mol. The van der Waals surface area contributed by atoms with Crippen molar-refractivity contribution in [3.05, 3.63) is 112 Å². The van der Waals surface area contributed by atoms with Crippen molar-refractivity contribution in [3.63, 3.8) is 0 Å².